The third-order valence-electron chi connectivity index (χ3n) is 5.80. The molecule has 0 saturated carbocycles. The van der Waals surface area contributed by atoms with Gasteiger partial charge in [-0.05, 0) is 52.7 Å². The molecule has 0 radical (unpaired) electrons. The number of piperazine rings is 1. The van der Waals surface area contributed by atoms with Crippen LogP contribution in [0.5, 0.6) is 5.75 Å². The number of ether oxygens (including phenoxy) is 1. The van der Waals surface area contributed by atoms with Crippen molar-refractivity contribution in [1.29, 1.82) is 0 Å². The van der Waals surface area contributed by atoms with Crippen LogP contribution in [0.25, 0.3) is 0 Å². The molecule has 8 heteroatoms. The Morgan fingerprint density at radius 3 is 2.53 bits per heavy atom. The highest BCUT2D eigenvalue weighted by Crippen LogP contribution is 2.21. The number of methoxy groups -OCH3 is 1. The second kappa shape index (κ2) is 9.30. The molecule has 1 atom stereocenters. The number of aromatic nitrogens is 4. The van der Waals surface area contributed by atoms with E-state index in [4.69, 9.17) is 9.15 Å². The minimum atomic E-state index is 0.271. The Kier molecular flexibility index (Phi) is 6.32. The van der Waals surface area contributed by atoms with Crippen LogP contribution in [0.2, 0.25) is 0 Å². The Hall–Kier alpha value is -2.87. The molecule has 1 N–H and O–H groups in total. The van der Waals surface area contributed by atoms with Crippen LogP contribution in [0.4, 0.5) is 5.69 Å². The van der Waals surface area contributed by atoms with Gasteiger partial charge in [0.1, 0.15) is 24.1 Å². The fourth-order valence-electron chi connectivity index (χ4n) is 4.24. The van der Waals surface area contributed by atoms with Crippen LogP contribution in [0.1, 0.15) is 37.9 Å². The van der Waals surface area contributed by atoms with Crippen molar-refractivity contribution in [3.05, 3.63) is 54.2 Å². The Bertz CT molecular complexity index is 898. The molecule has 0 spiro atoms. The molecule has 8 nitrogen and oxygen atoms in total. The van der Waals surface area contributed by atoms with Gasteiger partial charge in [-0.2, -0.15) is 0 Å². The van der Waals surface area contributed by atoms with Crippen LogP contribution in [-0.2, 0) is 6.54 Å². The summed E-state index contributed by atoms with van der Waals surface area (Å²) in [5, 5.41) is 12.7. The number of benzene rings is 1. The smallest absolute Gasteiger partial charge is 0.209 e. The zero-order valence-corrected chi connectivity index (χ0v) is 18.0. The first-order chi connectivity index (χ1) is 14.6. The Balaban J connectivity index is 1.47. The van der Waals surface area contributed by atoms with Crippen LogP contribution < -0.4 is 14.5 Å². The zero-order valence-electron chi connectivity index (χ0n) is 18.0. The topological polar surface area (TPSA) is 73.7 Å². The molecule has 1 aliphatic rings. The van der Waals surface area contributed by atoms with E-state index in [1.165, 1.54) is 5.69 Å². The highest BCUT2D eigenvalue weighted by atomic mass is 16.5. The number of quaternary nitrogens is 1. The van der Waals surface area contributed by atoms with Crippen molar-refractivity contribution in [1.82, 2.24) is 20.2 Å². The van der Waals surface area contributed by atoms with Crippen LogP contribution in [0.15, 0.2) is 47.1 Å². The van der Waals surface area contributed by atoms with E-state index in [9.17, 15) is 0 Å². The van der Waals surface area contributed by atoms with E-state index in [2.05, 4.69) is 46.4 Å². The van der Waals surface area contributed by atoms with Gasteiger partial charge in [-0.15, -0.1) is 5.10 Å². The molecular formula is C22H31N6O2+. The maximum atomic E-state index is 5.51. The molecule has 0 amide bonds. The Morgan fingerprint density at radius 2 is 1.90 bits per heavy atom. The summed E-state index contributed by atoms with van der Waals surface area (Å²) in [6.07, 6.45) is 2.74. The summed E-state index contributed by atoms with van der Waals surface area (Å²) in [5.74, 6) is 3.28. The van der Waals surface area contributed by atoms with Gasteiger partial charge in [-0.1, -0.05) is 13.8 Å². The number of hydrogen-bond acceptors (Lipinski definition) is 6. The van der Waals surface area contributed by atoms with Crippen molar-refractivity contribution in [3.8, 4) is 5.75 Å². The zero-order chi connectivity index (χ0) is 20.9. The van der Waals surface area contributed by atoms with E-state index in [0.29, 0.717) is 12.5 Å². The van der Waals surface area contributed by atoms with Gasteiger partial charge in [0.15, 0.2) is 0 Å². The maximum absolute atomic E-state index is 5.51. The summed E-state index contributed by atoms with van der Waals surface area (Å²) < 4.78 is 12.7. The summed E-state index contributed by atoms with van der Waals surface area (Å²) in [4.78, 5) is 3.99. The predicted molar refractivity (Wildman–Crippen MR) is 114 cm³/mol. The van der Waals surface area contributed by atoms with E-state index < -0.39 is 0 Å². The van der Waals surface area contributed by atoms with Crippen molar-refractivity contribution >= 4 is 5.69 Å². The first kappa shape index (κ1) is 20.4. The summed E-state index contributed by atoms with van der Waals surface area (Å²) >= 11 is 0. The third-order valence-corrected chi connectivity index (χ3v) is 5.80. The molecule has 30 heavy (non-hydrogen) atoms. The van der Waals surface area contributed by atoms with Gasteiger partial charge in [-0.25, -0.2) is 4.68 Å². The van der Waals surface area contributed by atoms with E-state index in [0.717, 1.165) is 49.9 Å². The highest BCUT2D eigenvalue weighted by molar-refractivity contribution is 5.49. The van der Waals surface area contributed by atoms with Crippen LogP contribution in [0.3, 0.4) is 0 Å². The van der Waals surface area contributed by atoms with Crippen LogP contribution in [-0.4, -0.2) is 53.5 Å². The molecule has 3 aromatic rings. The third kappa shape index (κ3) is 4.64. The van der Waals surface area contributed by atoms with Crippen molar-refractivity contribution < 1.29 is 14.1 Å². The number of rotatable bonds is 8. The first-order valence-electron chi connectivity index (χ1n) is 10.7. The van der Waals surface area contributed by atoms with Gasteiger partial charge in [0.05, 0.1) is 39.6 Å². The van der Waals surface area contributed by atoms with Gasteiger partial charge in [0.2, 0.25) is 5.82 Å². The second-order valence-electron chi connectivity index (χ2n) is 8.30. The largest absolute Gasteiger partial charge is 0.497 e. The summed E-state index contributed by atoms with van der Waals surface area (Å²) in [6, 6.07) is 12.5. The number of furan rings is 1. The van der Waals surface area contributed by atoms with Crippen molar-refractivity contribution in [2.75, 3.05) is 38.2 Å². The lowest BCUT2D eigenvalue weighted by atomic mass is 10.0. The number of hydrogen-bond donors (Lipinski definition) is 1. The molecule has 1 fully saturated rings. The van der Waals surface area contributed by atoms with Crippen molar-refractivity contribution in [2.24, 2.45) is 5.92 Å². The molecule has 160 valence electrons. The molecule has 0 aliphatic carbocycles. The second-order valence-corrected chi connectivity index (χ2v) is 8.30. The van der Waals surface area contributed by atoms with Crippen LogP contribution in [0, 0.1) is 5.92 Å². The molecule has 1 aliphatic heterocycles. The number of nitrogens with zero attached hydrogens (tertiary/aromatic N) is 5. The highest BCUT2D eigenvalue weighted by Gasteiger charge is 2.33. The van der Waals surface area contributed by atoms with E-state index in [1.54, 1.807) is 18.3 Å². The minimum Gasteiger partial charge on any atom is -0.497 e. The molecule has 3 heterocycles. The normalized spacial score (nSPS) is 16.2. The van der Waals surface area contributed by atoms with Crippen molar-refractivity contribution in [2.45, 2.75) is 32.9 Å². The fourth-order valence-corrected chi connectivity index (χ4v) is 4.24. The van der Waals surface area contributed by atoms with Gasteiger partial charge in [-0.3, -0.25) is 0 Å². The first-order valence-corrected chi connectivity index (χ1v) is 10.7. The summed E-state index contributed by atoms with van der Waals surface area (Å²) in [7, 11) is 1.70. The Labute approximate surface area is 177 Å². The Morgan fingerprint density at radius 1 is 1.13 bits per heavy atom. The van der Waals surface area contributed by atoms with Crippen LogP contribution >= 0.6 is 0 Å². The summed E-state index contributed by atoms with van der Waals surface area (Å²) in [6.45, 7) is 9.22. The molecular weight excluding hydrogens is 380 g/mol. The quantitative estimate of drug-likeness (QED) is 0.610. The number of tetrazole rings is 1. The van der Waals surface area contributed by atoms with Gasteiger partial charge < -0.3 is 19.0 Å². The van der Waals surface area contributed by atoms with E-state index >= 15 is 0 Å². The fraction of sp³-hybridized carbons (Fsp3) is 0.500. The van der Waals surface area contributed by atoms with Gasteiger partial charge >= 0.3 is 0 Å². The molecule has 1 aromatic carbocycles. The predicted octanol–water partition coefficient (Wildman–Crippen LogP) is 1.82. The molecule has 1 saturated heterocycles. The van der Waals surface area contributed by atoms with E-state index in [-0.39, 0.29) is 6.04 Å². The SMILES string of the molecule is COc1ccc(N2CC[NH+]([C@@H](CC(C)C)c3nnnn3Cc3ccco3)CC2)cc1. The number of anilines is 1. The average Bonchev–Trinajstić information content (AvgIpc) is 3.45. The lowest BCUT2D eigenvalue weighted by Crippen LogP contribution is -3.15. The lowest BCUT2D eigenvalue weighted by Gasteiger charge is -2.37. The molecule has 4 rings (SSSR count). The minimum absolute atomic E-state index is 0.271. The standard InChI is InChI=1S/C22H30N6O2/c1-17(2)15-21(22-23-24-25-28(22)16-20-5-4-14-30-20)27-12-10-26(11-13-27)18-6-8-19(29-3)9-7-18/h4-9,14,17,21H,10-13,15-16H2,1-3H3/p+1/t21-/m0/s1. The van der Waals surface area contributed by atoms with Gasteiger partial charge in [0.25, 0.3) is 0 Å². The van der Waals surface area contributed by atoms with Crippen molar-refractivity contribution in [3.63, 3.8) is 0 Å². The summed E-state index contributed by atoms with van der Waals surface area (Å²) in [5.41, 5.74) is 1.25. The lowest BCUT2D eigenvalue weighted by molar-refractivity contribution is -0.934. The molecule has 0 bridgehead atoms. The monoisotopic (exact) mass is 411 g/mol. The van der Waals surface area contributed by atoms with E-state index in [1.807, 2.05) is 28.9 Å². The average molecular weight is 412 g/mol. The van der Waals surface area contributed by atoms with Gasteiger partial charge in [0, 0.05) is 12.1 Å². The molecule has 2 aromatic heterocycles. The maximum Gasteiger partial charge on any atom is 0.209 e. The number of nitrogens with one attached hydrogen (secondary N) is 1. The molecule has 0 unspecified atom stereocenters.